The third-order valence-electron chi connectivity index (χ3n) is 3.62. The first-order valence-corrected chi connectivity index (χ1v) is 7.25. The average molecular weight is 276 g/mol. The standard InChI is InChI=1S/C16H24N2O2/c1-5-10-17-14(16(2,3)4)11-18-12-8-6-7-9-13(12)20-15(18)19/h6-9,14,17H,5,10-11H2,1-4H3. The molecule has 0 amide bonds. The van der Waals surface area contributed by atoms with Gasteiger partial charge < -0.3 is 9.73 Å². The maximum atomic E-state index is 12.0. The third kappa shape index (κ3) is 3.12. The molecular weight excluding hydrogens is 252 g/mol. The van der Waals surface area contributed by atoms with Crippen LogP contribution in [0.25, 0.3) is 11.1 Å². The summed E-state index contributed by atoms with van der Waals surface area (Å²) >= 11 is 0. The fourth-order valence-corrected chi connectivity index (χ4v) is 2.33. The maximum Gasteiger partial charge on any atom is 0.420 e. The molecule has 1 atom stereocenters. The Morgan fingerprint density at radius 1 is 1.30 bits per heavy atom. The largest absolute Gasteiger partial charge is 0.420 e. The second-order valence-corrected chi connectivity index (χ2v) is 6.32. The summed E-state index contributed by atoms with van der Waals surface area (Å²) in [6.07, 6.45) is 1.08. The van der Waals surface area contributed by atoms with E-state index in [1.807, 2.05) is 24.3 Å². The highest BCUT2D eigenvalue weighted by molar-refractivity contribution is 5.72. The molecule has 2 aromatic rings. The lowest BCUT2D eigenvalue weighted by Crippen LogP contribution is -2.45. The zero-order chi connectivity index (χ0) is 14.8. The number of fused-ring (bicyclic) bond motifs is 1. The van der Waals surface area contributed by atoms with Gasteiger partial charge in [-0.05, 0) is 30.5 Å². The quantitative estimate of drug-likeness (QED) is 0.913. The fourth-order valence-electron chi connectivity index (χ4n) is 2.33. The minimum Gasteiger partial charge on any atom is -0.408 e. The molecular formula is C16H24N2O2. The van der Waals surface area contributed by atoms with Gasteiger partial charge in [0.1, 0.15) is 0 Å². The highest BCUT2D eigenvalue weighted by Crippen LogP contribution is 2.22. The Balaban J connectivity index is 2.33. The lowest BCUT2D eigenvalue weighted by atomic mass is 9.86. The molecule has 110 valence electrons. The van der Waals surface area contributed by atoms with E-state index in [1.165, 1.54) is 0 Å². The van der Waals surface area contributed by atoms with Crippen LogP contribution in [0.4, 0.5) is 0 Å². The number of nitrogens with one attached hydrogen (secondary N) is 1. The van der Waals surface area contributed by atoms with Crippen molar-refractivity contribution in [2.75, 3.05) is 6.54 Å². The Hall–Kier alpha value is -1.55. The number of hydrogen-bond donors (Lipinski definition) is 1. The fraction of sp³-hybridized carbons (Fsp3) is 0.562. The van der Waals surface area contributed by atoms with Crippen LogP contribution in [0.2, 0.25) is 0 Å². The molecule has 1 aromatic carbocycles. The summed E-state index contributed by atoms with van der Waals surface area (Å²) in [5.41, 5.74) is 1.60. The van der Waals surface area contributed by atoms with Gasteiger partial charge in [-0.1, -0.05) is 39.8 Å². The molecule has 0 aliphatic heterocycles. The van der Waals surface area contributed by atoms with Gasteiger partial charge in [0.2, 0.25) is 0 Å². The number of rotatable bonds is 5. The normalized spacial score (nSPS) is 13.8. The van der Waals surface area contributed by atoms with Crippen LogP contribution in [0.15, 0.2) is 33.5 Å². The molecule has 0 aliphatic rings. The molecule has 4 heteroatoms. The highest BCUT2D eigenvalue weighted by Gasteiger charge is 2.25. The first kappa shape index (κ1) is 14.9. The molecule has 1 unspecified atom stereocenters. The maximum absolute atomic E-state index is 12.0. The predicted molar refractivity (Wildman–Crippen MR) is 82.0 cm³/mol. The SMILES string of the molecule is CCCNC(Cn1c(=O)oc2ccccc21)C(C)(C)C. The minimum absolute atomic E-state index is 0.0764. The molecule has 0 saturated carbocycles. The zero-order valence-corrected chi connectivity index (χ0v) is 12.8. The molecule has 0 fully saturated rings. The van der Waals surface area contributed by atoms with Gasteiger partial charge in [0.15, 0.2) is 5.58 Å². The number of hydrogen-bond acceptors (Lipinski definition) is 3. The first-order valence-electron chi connectivity index (χ1n) is 7.25. The molecule has 0 spiro atoms. The van der Waals surface area contributed by atoms with Gasteiger partial charge in [-0.2, -0.15) is 0 Å². The summed E-state index contributed by atoms with van der Waals surface area (Å²) in [5, 5.41) is 3.54. The third-order valence-corrected chi connectivity index (χ3v) is 3.62. The molecule has 0 bridgehead atoms. The molecule has 1 heterocycles. The number of para-hydroxylation sites is 2. The second kappa shape index (κ2) is 5.83. The number of nitrogens with zero attached hydrogens (tertiary/aromatic N) is 1. The summed E-state index contributed by atoms with van der Waals surface area (Å²) in [6, 6.07) is 7.80. The molecule has 4 nitrogen and oxygen atoms in total. The zero-order valence-electron chi connectivity index (χ0n) is 12.8. The number of aromatic nitrogens is 1. The van der Waals surface area contributed by atoms with Crippen molar-refractivity contribution in [3.63, 3.8) is 0 Å². The lowest BCUT2D eigenvalue weighted by Gasteiger charge is -2.31. The van der Waals surface area contributed by atoms with E-state index in [9.17, 15) is 4.79 Å². The Kier molecular flexibility index (Phi) is 4.33. The van der Waals surface area contributed by atoms with Crippen molar-refractivity contribution < 1.29 is 4.42 Å². The molecule has 0 radical (unpaired) electrons. The Morgan fingerprint density at radius 2 is 2.00 bits per heavy atom. The van der Waals surface area contributed by atoms with Crippen molar-refractivity contribution in [2.24, 2.45) is 5.41 Å². The van der Waals surface area contributed by atoms with E-state index in [1.54, 1.807) is 4.57 Å². The van der Waals surface area contributed by atoms with Crippen molar-refractivity contribution >= 4 is 11.1 Å². The van der Waals surface area contributed by atoms with Gasteiger partial charge in [-0.25, -0.2) is 4.79 Å². The topological polar surface area (TPSA) is 47.2 Å². The summed E-state index contributed by atoms with van der Waals surface area (Å²) < 4.78 is 7.03. The predicted octanol–water partition coefficient (Wildman–Crippen LogP) is 3.01. The van der Waals surface area contributed by atoms with E-state index < -0.39 is 0 Å². The molecule has 1 N–H and O–H groups in total. The molecule has 1 aromatic heterocycles. The number of benzene rings is 1. The van der Waals surface area contributed by atoms with Gasteiger partial charge in [0.05, 0.1) is 5.52 Å². The van der Waals surface area contributed by atoms with Crippen molar-refractivity contribution in [1.29, 1.82) is 0 Å². The summed E-state index contributed by atoms with van der Waals surface area (Å²) in [5.74, 6) is -0.279. The van der Waals surface area contributed by atoms with Gasteiger partial charge in [0.25, 0.3) is 0 Å². The van der Waals surface area contributed by atoms with E-state index in [2.05, 4.69) is 33.0 Å². The monoisotopic (exact) mass is 276 g/mol. The van der Waals surface area contributed by atoms with E-state index in [0.717, 1.165) is 18.5 Å². The minimum atomic E-state index is -0.279. The van der Waals surface area contributed by atoms with Crippen LogP contribution >= 0.6 is 0 Å². The van der Waals surface area contributed by atoms with Crippen LogP contribution in [0.3, 0.4) is 0 Å². The van der Waals surface area contributed by atoms with Crippen molar-refractivity contribution in [2.45, 2.75) is 46.7 Å². The van der Waals surface area contributed by atoms with Gasteiger partial charge in [-0.3, -0.25) is 4.57 Å². The molecule has 0 aliphatic carbocycles. The van der Waals surface area contributed by atoms with Gasteiger partial charge in [0, 0.05) is 12.6 Å². The van der Waals surface area contributed by atoms with Crippen LogP contribution < -0.4 is 11.1 Å². The van der Waals surface area contributed by atoms with E-state index in [4.69, 9.17) is 4.42 Å². The second-order valence-electron chi connectivity index (χ2n) is 6.32. The summed E-state index contributed by atoms with van der Waals surface area (Å²) in [4.78, 5) is 12.0. The van der Waals surface area contributed by atoms with Crippen LogP contribution in [0.5, 0.6) is 0 Å². The van der Waals surface area contributed by atoms with Crippen LogP contribution in [0.1, 0.15) is 34.1 Å². The highest BCUT2D eigenvalue weighted by atomic mass is 16.4. The van der Waals surface area contributed by atoms with E-state index in [0.29, 0.717) is 12.1 Å². The van der Waals surface area contributed by atoms with Crippen molar-refractivity contribution in [3.8, 4) is 0 Å². The van der Waals surface area contributed by atoms with E-state index >= 15 is 0 Å². The smallest absolute Gasteiger partial charge is 0.408 e. The molecule has 20 heavy (non-hydrogen) atoms. The lowest BCUT2D eigenvalue weighted by molar-refractivity contribution is 0.239. The van der Waals surface area contributed by atoms with Crippen molar-refractivity contribution in [3.05, 3.63) is 34.8 Å². The summed E-state index contributed by atoms with van der Waals surface area (Å²) in [6.45, 7) is 10.3. The van der Waals surface area contributed by atoms with Crippen LogP contribution in [0, 0.1) is 5.41 Å². The summed E-state index contributed by atoms with van der Waals surface area (Å²) in [7, 11) is 0. The molecule has 0 saturated heterocycles. The van der Waals surface area contributed by atoms with Gasteiger partial charge >= 0.3 is 5.76 Å². The van der Waals surface area contributed by atoms with Crippen molar-refractivity contribution in [1.82, 2.24) is 9.88 Å². The number of oxazole rings is 1. The first-order chi connectivity index (χ1) is 9.43. The Labute approximate surface area is 119 Å². The Morgan fingerprint density at radius 3 is 2.65 bits per heavy atom. The average Bonchev–Trinajstić information content (AvgIpc) is 2.69. The molecule has 2 rings (SSSR count). The van der Waals surface area contributed by atoms with Crippen LogP contribution in [-0.2, 0) is 6.54 Å². The van der Waals surface area contributed by atoms with Gasteiger partial charge in [-0.15, -0.1) is 0 Å². The van der Waals surface area contributed by atoms with E-state index in [-0.39, 0.29) is 17.2 Å². The van der Waals surface area contributed by atoms with Crippen LogP contribution in [-0.4, -0.2) is 17.2 Å². The Bertz CT molecular complexity index is 619.